The Morgan fingerprint density at radius 3 is 1.00 bits per heavy atom. The second-order valence-electron chi connectivity index (χ2n) is 16.4. The largest absolute Gasteiger partial charge is 0.462 e. The second kappa shape index (κ2) is 46.3. The lowest BCUT2D eigenvalue weighted by atomic mass is 10.1. The van der Waals surface area contributed by atoms with E-state index >= 15 is 0 Å². The number of rotatable bonds is 44. The van der Waals surface area contributed by atoms with Crippen LogP contribution in [-0.2, 0) is 28.6 Å². The topological polar surface area (TPSA) is 78.9 Å². The van der Waals surface area contributed by atoms with Gasteiger partial charge in [0.2, 0.25) is 0 Å². The van der Waals surface area contributed by atoms with Gasteiger partial charge in [-0.15, -0.1) is 0 Å². The van der Waals surface area contributed by atoms with Crippen molar-refractivity contribution in [3.05, 3.63) is 36.5 Å². The molecule has 0 spiro atoms. The van der Waals surface area contributed by atoms with Crippen LogP contribution in [0, 0.1) is 0 Å². The SMILES string of the molecule is CCCCCC/C=C\C/C=C\CCCCCCCC(=O)OCC(COC(=O)CCCCCCCCCCC)OC(=O)CCCCCCC/C=C\CCCCCCC. The van der Waals surface area contributed by atoms with Crippen molar-refractivity contribution < 1.29 is 28.6 Å². The number of hydrogen-bond acceptors (Lipinski definition) is 6. The molecule has 57 heavy (non-hydrogen) atoms. The van der Waals surface area contributed by atoms with Crippen LogP contribution in [0.2, 0.25) is 0 Å². The molecule has 0 aromatic rings. The van der Waals surface area contributed by atoms with E-state index in [4.69, 9.17) is 14.2 Å². The predicted octanol–water partition coefficient (Wildman–Crippen LogP) is 15.8. The first-order chi connectivity index (χ1) is 28.0. The molecular formula is C51H92O6. The third kappa shape index (κ3) is 44.6. The minimum atomic E-state index is -0.777. The van der Waals surface area contributed by atoms with Crippen molar-refractivity contribution >= 4 is 17.9 Å². The van der Waals surface area contributed by atoms with Gasteiger partial charge >= 0.3 is 17.9 Å². The van der Waals surface area contributed by atoms with E-state index in [1.165, 1.54) is 122 Å². The number of hydrogen-bond donors (Lipinski definition) is 0. The minimum Gasteiger partial charge on any atom is -0.462 e. The van der Waals surface area contributed by atoms with Gasteiger partial charge in [-0.3, -0.25) is 14.4 Å². The maximum Gasteiger partial charge on any atom is 0.306 e. The molecule has 1 unspecified atom stereocenters. The van der Waals surface area contributed by atoms with Crippen molar-refractivity contribution in [3.8, 4) is 0 Å². The van der Waals surface area contributed by atoms with E-state index in [-0.39, 0.29) is 31.1 Å². The highest BCUT2D eigenvalue weighted by Gasteiger charge is 2.19. The Labute approximate surface area is 353 Å². The third-order valence-corrected chi connectivity index (χ3v) is 10.6. The highest BCUT2D eigenvalue weighted by atomic mass is 16.6. The zero-order valence-corrected chi connectivity index (χ0v) is 37.9. The Balaban J connectivity index is 4.36. The van der Waals surface area contributed by atoms with Crippen molar-refractivity contribution in [3.63, 3.8) is 0 Å². The normalized spacial score (nSPS) is 12.3. The first kappa shape index (κ1) is 54.6. The number of unbranched alkanes of at least 4 members (excludes halogenated alkanes) is 27. The molecule has 0 amide bonds. The van der Waals surface area contributed by atoms with E-state index in [1.807, 2.05) is 0 Å². The molecule has 0 heterocycles. The molecule has 1 atom stereocenters. The van der Waals surface area contributed by atoms with E-state index in [0.29, 0.717) is 19.3 Å². The molecule has 0 saturated heterocycles. The van der Waals surface area contributed by atoms with E-state index in [9.17, 15) is 14.4 Å². The summed E-state index contributed by atoms with van der Waals surface area (Å²) < 4.78 is 16.7. The molecule has 0 N–H and O–H groups in total. The summed E-state index contributed by atoms with van der Waals surface area (Å²) in [6, 6.07) is 0. The molecule has 0 fully saturated rings. The monoisotopic (exact) mass is 801 g/mol. The molecule has 6 nitrogen and oxygen atoms in total. The van der Waals surface area contributed by atoms with Crippen LogP contribution in [-0.4, -0.2) is 37.2 Å². The molecule has 0 aliphatic heterocycles. The Morgan fingerprint density at radius 2 is 0.632 bits per heavy atom. The summed E-state index contributed by atoms with van der Waals surface area (Å²) in [4.78, 5) is 37.8. The minimum absolute atomic E-state index is 0.0781. The van der Waals surface area contributed by atoms with Crippen LogP contribution in [0.1, 0.15) is 252 Å². The summed E-state index contributed by atoms with van der Waals surface area (Å²) in [6.45, 7) is 6.58. The maximum absolute atomic E-state index is 12.7. The fourth-order valence-electron chi connectivity index (χ4n) is 6.88. The summed E-state index contributed by atoms with van der Waals surface area (Å²) >= 11 is 0. The first-order valence-electron chi connectivity index (χ1n) is 24.5. The molecule has 6 heteroatoms. The lowest BCUT2D eigenvalue weighted by Gasteiger charge is -2.18. The number of carbonyl (C=O) groups excluding carboxylic acids is 3. The summed E-state index contributed by atoms with van der Waals surface area (Å²) in [5.74, 6) is -0.898. The molecule has 0 saturated carbocycles. The van der Waals surface area contributed by atoms with Crippen LogP contribution < -0.4 is 0 Å². The quantitative estimate of drug-likeness (QED) is 0.0264. The van der Waals surface area contributed by atoms with Gasteiger partial charge in [-0.2, -0.15) is 0 Å². The van der Waals surface area contributed by atoms with Crippen LogP contribution in [0.4, 0.5) is 0 Å². The summed E-state index contributed by atoms with van der Waals surface area (Å²) in [5, 5.41) is 0. The van der Waals surface area contributed by atoms with Gasteiger partial charge in [0, 0.05) is 19.3 Å². The Bertz CT molecular complexity index is 969. The average Bonchev–Trinajstić information content (AvgIpc) is 3.21. The van der Waals surface area contributed by atoms with Crippen LogP contribution in [0.15, 0.2) is 36.5 Å². The average molecular weight is 801 g/mol. The zero-order valence-electron chi connectivity index (χ0n) is 37.9. The molecule has 0 aromatic heterocycles. The lowest BCUT2D eigenvalue weighted by molar-refractivity contribution is -0.167. The summed E-state index contributed by atoms with van der Waals surface area (Å²) in [7, 11) is 0. The Morgan fingerprint density at radius 1 is 0.351 bits per heavy atom. The van der Waals surface area contributed by atoms with Crippen LogP contribution in [0.5, 0.6) is 0 Å². The van der Waals surface area contributed by atoms with Gasteiger partial charge in [0.05, 0.1) is 0 Å². The predicted molar refractivity (Wildman–Crippen MR) is 242 cm³/mol. The summed E-state index contributed by atoms with van der Waals surface area (Å²) in [5.41, 5.74) is 0. The Kier molecular flexibility index (Phi) is 44.4. The smallest absolute Gasteiger partial charge is 0.306 e. The molecule has 0 bridgehead atoms. The van der Waals surface area contributed by atoms with Crippen LogP contribution in [0.25, 0.3) is 0 Å². The number of allylic oxidation sites excluding steroid dienone is 6. The third-order valence-electron chi connectivity index (χ3n) is 10.6. The van der Waals surface area contributed by atoms with Gasteiger partial charge in [0.25, 0.3) is 0 Å². The van der Waals surface area contributed by atoms with Crippen molar-refractivity contribution in [2.75, 3.05) is 13.2 Å². The Hall–Kier alpha value is -2.37. The fraction of sp³-hybridized carbons (Fsp3) is 0.824. The van der Waals surface area contributed by atoms with Crippen molar-refractivity contribution in [2.24, 2.45) is 0 Å². The second-order valence-corrected chi connectivity index (χ2v) is 16.4. The molecule has 0 aliphatic carbocycles. The zero-order chi connectivity index (χ0) is 41.5. The van der Waals surface area contributed by atoms with Gasteiger partial charge in [-0.25, -0.2) is 0 Å². The molecule has 0 radical (unpaired) electrons. The molecule has 0 rings (SSSR count). The highest BCUT2D eigenvalue weighted by Crippen LogP contribution is 2.14. The first-order valence-corrected chi connectivity index (χ1v) is 24.5. The molecule has 0 aliphatic rings. The number of ether oxygens (including phenoxy) is 3. The lowest BCUT2D eigenvalue weighted by Crippen LogP contribution is -2.30. The van der Waals surface area contributed by atoms with E-state index < -0.39 is 6.10 Å². The van der Waals surface area contributed by atoms with Crippen molar-refractivity contribution in [1.82, 2.24) is 0 Å². The van der Waals surface area contributed by atoms with Gasteiger partial charge < -0.3 is 14.2 Å². The van der Waals surface area contributed by atoms with Gasteiger partial charge in [0.15, 0.2) is 6.10 Å². The molecule has 332 valence electrons. The number of carbonyl (C=O) groups is 3. The highest BCUT2D eigenvalue weighted by molar-refractivity contribution is 5.71. The molecular weight excluding hydrogens is 709 g/mol. The maximum atomic E-state index is 12.7. The standard InChI is InChI=1S/C51H92O6/c1-4-7-10-13-16-19-21-23-25-26-28-29-32-35-38-41-44-50(53)56-47-48(46-55-49(52)43-40-37-34-31-18-15-12-9-6-3)57-51(54)45-42-39-36-33-30-27-24-22-20-17-14-11-8-5-2/h19,21-22,24-26,48H,4-18,20,23,27-47H2,1-3H3/b21-19-,24-22-,26-25-. The fourth-order valence-corrected chi connectivity index (χ4v) is 6.88. The van der Waals surface area contributed by atoms with E-state index in [1.54, 1.807) is 0 Å². The van der Waals surface area contributed by atoms with Crippen molar-refractivity contribution in [1.29, 1.82) is 0 Å². The summed E-state index contributed by atoms with van der Waals surface area (Å²) in [6.07, 6.45) is 52.7. The number of esters is 3. The van der Waals surface area contributed by atoms with Gasteiger partial charge in [-0.05, 0) is 77.0 Å². The van der Waals surface area contributed by atoms with Crippen LogP contribution in [0.3, 0.4) is 0 Å². The molecule has 0 aromatic carbocycles. The van der Waals surface area contributed by atoms with Crippen LogP contribution >= 0.6 is 0 Å². The van der Waals surface area contributed by atoms with Gasteiger partial charge in [-0.1, -0.05) is 192 Å². The van der Waals surface area contributed by atoms with Crippen molar-refractivity contribution in [2.45, 2.75) is 258 Å². The van der Waals surface area contributed by atoms with E-state index in [2.05, 4.69) is 57.2 Å². The van der Waals surface area contributed by atoms with Gasteiger partial charge in [0.1, 0.15) is 13.2 Å². The van der Waals surface area contributed by atoms with E-state index in [0.717, 1.165) is 89.9 Å².